The third-order valence-electron chi connectivity index (χ3n) is 3.82. The molecule has 0 atom stereocenters. The maximum absolute atomic E-state index is 12.5. The summed E-state index contributed by atoms with van der Waals surface area (Å²) in [5.41, 5.74) is 2.03. The Bertz CT molecular complexity index is 812. The summed E-state index contributed by atoms with van der Waals surface area (Å²) in [6, 6.07) is 13.8. The standard InChI is InChI=1S/C20H24F2N4O2/c1-3-24-20(25-12-14-7-6-9-15(11-14)18(27)23-2)26-13-16-8-4-5-10-17(16)28-19(21)22/h4-11,19H,3,12-13H2,1-2H3,(H,23,27)(H2,24,25,26). The smallest absolute Gasteiger partial charge is 0.387 e. The third kappa shape index (κ3) is 6.53. The first-order valence-corrected chi connectivity index (χ1v) is 8.89. The second-order valence-electron chi connectivity index (χ2n) is 5.81. The van der Waals surface area contributed by atoms with Crippen LogP contribution in [-0.2, 0) is 13.1 Å². The van der Waals surface area contributed by atoms with E-state index in [0.717, 1.165) is 5.56 Å². The number of hydrogen-bond acceptors (Lipinski definition) is 3. The number of rotatable bonds is 8. The number of nitrogens with zero attached hydrogens (tertiary/aromatic N) is 1. The van der Waals surface area contributed by atoms with Crippen molar-refractivity contribution in [3.05, 3.63) is 65.2 Å². The van der Waals surface area contributed by atoms with Crippen molar-refractivity contribution in [2.24, 2.45) is 4.99 Å². The number of nitrogens with one attached hydrogen (secondary N) is 3. The van der Waals surface area contributed by atoms with Crippen molar-refractivity contribution in [1.29, 1.82) is 0 Å². The molecule has 0 aliphatic rings. The van der Waals surface area contributed by atoms with Gasteiger partial charge in [0.25, 0.3) is 5.91 Å². The molecule has 0 unspecified atom stereocenters. The number of ether oxygens (including phenoxy) is 1. The Labute approximate surface area is 163 Å². The lowest BCUT2D eigenvalue weighted by molar-refractivity contribution is -0.0504. The molecule has 2 rings (SSSR count). The molecular formula is C20H24F2N4O2. The van der Waals surface area contributed by atoms with Crippen LogP contribution in [0.1, 0.15) is 28.4 Å². The SMILES string of the molecule is CCNC(=NCc1cccc(C(=O)NC)c1)NCc1ccccc1OC(F)F. The highest BCUT2D eigenvalue weighted by molar-refractivity contribution is 5.94. The number of halogens is 2. The Kier molecular flexibility index (Phi) is 8.20. The molecule has 0 aromatic heterocycles. The van der Waals surface area contributed by atoms with E-state index in [-0.39, 0.29) is 18.2 Å². The molecule has 8 heteroatoms. The summed E-state index contributed by atoms with van der Waals surface area (Å²) in [6.07, 6.45) is 0. The molecule has 0 aliphatic carbocycles. The van der Waals surface area contributed by atoms with Crippen molar-refractivity contribution in [2.75, 3.05) is 13.6 Å². The summed E-state index contributed by atoms with van der Waals surface area (Å²) in [6.45, 7) is 0.314. The number of alkyl halides is 2. The molecule has 0 heterocycles. The lowest BCUT2D eigenvalue weighted by Crippen LogP contribution is -2.36. The Balaban J connectivity index is 2.06. The van der Waals surface area contributed by atoms with Gasteiger partial charge in [0.2, 0.25) is 0 Å². The van der Waals surface area contributed by atoms with Crippen LogP contribution < -0.4 is 20.7 Å². The van der Waals surface area contributed by atoms with Gasteiger partial charge in [0.1, 0.15) is 5.75 Å². The molecule has 2 aromatic carbocycles. The number of aliphatic imine (C=N–C) groups is 1. The average Bonchev–Trinajstić information content (AvgIpc) is 2.70. The van der Waals surface area contributed by atoms with Gasteiger partial charge in [-0.3, -0.25) is 4.79 Å². The monoisotopic (exact) mass is 390 g/mol. The Morgan fingerprint density at radius 2 is 1.93 bits per heavy atom. The lowest BCUT2D eigenvalue weighted by atomic mass is 10.1. The molecule has 2 aromatic rings. The number of carbonyl (C=O) groups excluding carboxylic acids is 1. The lowest BCUT2D eigenvalue weighted by Gasteiger charge is -2.14. The van der Waals surface area contributed by atoms with Crippen LogP contribution in [0.2, 0.25) is 0 Å². The molecule has 0 fully saturated rings. The van der Waals surface area contributed by atoms with E-state index < -0.39 is 6.61 Å². The molecule has 0 spiro atoms. The average molecular weight is 390 g/mol. The van der Waals surface area contributed by atoms with Crippen molar-refractivity contribution in [3.8, 4) is 5.75 Å². The van der Waals surface area contributed by atoms with Gasteiger partial charge in [-0.25, -0.2) is 4.99 Å². The molecule has 0 radical (unpaired) electrons. The molecule has 0 saturated heterocycles. The summed E-state index contributed by atoms with van der Waals surface area (Å²) >= 11 is 0. The Morgan fingerprint density at radius 3 is 2.64 bits per heavy atom. The maximum Gasteiger partial charge on any atom is 0.387 e. The van der Waals surface area contributed by atoms with Gasteiger partial charge in [0, 0.05) is 31.3 Å². The molecule has 0 bridgehead atoms. The van der Waals surface area contributed by atoms with E-state index in [1.807, 2.05) is 13.0 Å². The number of amides is 1. The van der Waals surface area contributed by atoms with Crippen LogP contribution in [0.15, 0.2) is 53.5 Å². The van der Waals surface area contributed by atoms with Crippen molar-refractivity contribution in [2.45, 2.75) is 26.6 Å². The first-order chi connectivity index (χ1) is 13.5. The van der Waals surface area contributed by atoms with Crippen LogP contribution in [0.3, 0.4) is 0 Å². The van der Waals surface area contributed by atoms with E-state index in [2.05, 4.69) is 25.7 Å². The van der Waals surface area contributed by atoms with Crippen LogP contribution in [0.25, 0.3) is 0 Å². The van der Waals surface area contributed by atoms with Crippen molar-refractivity contribution < 1.29 is 18.3 Å². The first kappa shape index (κ1) is 21.1. The summed E-state index contributed by atoms with van der Waals surface area (Å²) in [4.78, 5) is 16.2. The number of guanidine groups is 1. The second-order valence-corrected chi connectivity index (χ2v) is 5.81. The zero-order valence-corrected chi connectivity index (χ0v) is 15.8. The summed E-state index contributed by atoms with van der Waals surface area (Å²) in [5, 5.41) is 8.79. The van der Waals surface area contributed by atoms with Crippen LogP contribution in [0.4, 0.5) is 8.78 Å². The Morgan fingerprint density at radius 1 is 1.14 bits per heavy atom. The number of carbonyl (C=O) groups is 1. The second kappa shape index (κ2) is 10.9. The van der Waals surface area contributed by atoms with Gasteiger partial charge >= 0.3 is 6.61 Å². The summed E-state index contributed by atoms with van der Waals surface area (Å²) in [5.74, 6) is 0.491. The van der Waals surface area contributed by atoms with Gasteiger partial charge < -0.3 is 20.7 Å². The molecule has 0 saturated carbocycles. The maximum atomic E-state index is 12.5. The topological polar surface area (TPSA) is 74.8 Å². The van der Waals surface area contributed by atoms with E-state index in [1.165, 1.54) is 6.07 Å². The van der Waals surface area contributed by atoms with E-state index in [1.54, 1.807) is 43.4 Å². The van der Waals surface area contributed by atoms with E-state index in [9.17, 15) is 13.6 Å². The fourth-order valence-electron chi connectivity index (χ4n) is 2.51. The van der Waals surface area contributed by atoms with E-state index >= 15 is 0 Å². The molecule has 150 valence electrons. The highest BCUT2D eigenvalue weighted by Gasteiger charge is 2.09. The fraction of sp³-hybridized carbons (Fsp3) is 0.300. The molecule has 6 nitrogen and oxygen atoms in total. The van der Waals surface area contributed by atoms with Crippen LogP contribution in [0, 0.1) is 0 Å². The molecule has 1 amide bonds. The molecule has 28 heavy (non-hydrogen) atoms. The predicted molar refractivity (Wildman–Crippen MR) is 105 cm³/mol. The fourth-order valence-corrected chi connectivity index (χ4v) is 2.51. The predicted octanol–water partition coefficient (Wildman–Crippen LogP) is 2.90. The normalized spacial score (nSPS) is 11.2. The number of benzene rings is 2. The zero-order valence-electron chi connectivity index (χ0n) is 15.8. The minimum absolute atomic E-state index is 0.124. The van der Waals surface area contributed by atoms with Gasteiger partial charge in [-0.1, -0.05) is 30.3 Å². The Hall–Kier alpha value is -3.16. The van der Waals surface area contributed by atoms with Crippen molar-refractivity contribution in [3.63, 3.8) is 0 Å². The van der Waals surface area contributed by atoms with Crippen molar-refractivity contribution >= 4 is 11.9 Å². The number of para-hydroxylation sites is 1. The van der Waals surface area contributed by atoms with E-state index in [0.29, 0.717) is 30.2 Å². The van der Waals surface area contributed by atoms with Crippen LogP contribution in [0.5, 0.6) is 5.75 Å². The highest BCUT2D eigenvalue weighted by atomic mass is 19.3. The molecule has 0 aliphatic heterocycles. The van der Waals surface area contributed by atoms with Crippen LogP contribution in [-0.4, -0.2) is 32.1 Å². The third-order valence-corrected chi connectivity index (χ3v) is 3.82. The van der Waals surface area contributed by atoms with E-state index in [4.69, 9.17) is 0 Å². The number of hydrogen-bond donors (Lipinski definition) is 3. The minimum Gasteiger partial charge on any atom is -0.434 e. The molecular weight excluding hydrogens is 366 g/mol. The van der Waals surface area contributed by atoms with Crippen molar-refractivity contribution in [1.82, 2.24) is 16.0 Å². The van der Waals surface area contributed by atoms with Gasteiger partial charge in [-0.2, -0.15) is 8.78 Å². The van der Waals surface area contributed by atoms with Gasteiger partial charge in [-0.15, -0.1) is 0 Å². The highest BCUT2D eigenvalue weighted by Crippen LogP contribution is 2.19. The van der Waals surface area contributed by atoms with Gasteiger partial charge in [0.15, 0.2) is 5.96 Å². The quantitative estimate of drug-likeness (QED) is 0.479. The van der Waals surface area contributed by atoms with Crippen LogP contribution >= 0.6 is 0 Å². The first-order valence-electron chi connectivity index (χ1n) is 8.89. The largest absolute Gasteiger partial charge is 0.434 e. The summed E-state index contributed by atoms with van der Waals surface area (Å²) < 4.78 is 29.6. The van der Waals surface area contributed by atoms with Gasteiger partial charge in [-0.05, 0) is 30.7 Å². The minimum atomic E-state index is -2.88. The molecule has 3 N–H and O–H groups in total. The van der Waals surface area contributed by atoms with Gasteiger partial charge in [0.05, 0.1) is 6.54 Å². The summed E-state index contributed by atoms with van der Waals surface area (Å²) in [7, 11) is 1.58. The zero-order chi connectivity index (χ0) is 20.4.